The highest BCUT2D eigenvalue weighted by Crippen LogP contribution is 2.28. The van der Waals surface area contributed by atoms with Crippen LogP contribution in [0.15, 0.2) is 30.9 Å². The molecule has 7 heteroatoms. The van der Waals surface area contributed by atoms with Crippen molar-refractivity contribution in [2.75, 3.05) is 6.54 Å². The molecular formula is C27H41N3O4. The van der Waals surface area contributed by atoms with Crippen molar-refractivity contribution in [2.24, 2.45) is 0 Å². The average molecular weight is 472 g/mol. The van der Waals surface area contributed by atoms with Gasteiger partial charge in [0.15, 0.2) is 0 Å². The summed E-state index contributed by atoms with van der Waals surface area (Å²) >= 11 is 0. The van der Waals surface area contributed by atoms with Crippen LogP contribution in [0.3, 0.4) is 0 Å². The van der Waals surface area contributed by atoms with Gasteiger partial charge in [0.25, 0.3) is 0 Å². The normalized spacial score (nSPS) is 16.2. The molecule has 1 aliphatic carbocycles. The van der Waals surface area contributed by atoms with Gasteiger partial charge in [-0.3, -0.25) is 9.59 Å². The Labute approximate surface area is 204 Å². The van der Waals surface area contributed by atoms with E-state index in [0.717, 1.165) is 42.4 Å². The molecule has 2 unspecified atom stereocenters. The minimum atomic E-state index is -0.884. The lowest BCUT2D eigenvalue weighted by atomic mass is 9.93. The van der Waals surface area contributed by atoms with Crippen LogP contribution in [0.4, 0.5) is 4.79 Å². The highest BCUT2D eigenvalue weighted by molar-refractivity contribution is 5.92. The zero-order chi connectivity index (χ0) is 25.5. The molecule has 0 heterocycles. The molecule has 3 amide bonds. The van der Waals surface area contributed by atoms with Crippen LogP contribution in [0.25, 0.3) is 0 Å². The van der Waals surface area contributed by atoms with Gasteiger partial charge >= 0.3 is 6.09 Å². The summed E-state index contributed by atoms with van der Waals surface area (Å²) < 4.78 is 5.31. The number of amides is 3. The highest BCUT2D eigenvalue weighted by Gasteiger charge is 2.35. The molecule has 188 valence electrons. The second-order valence-corrected chi connectivity index (χ2v) is 10.3. The molecule has 0 spiro atoms. The number of benzene rings is 1. The summed E-state index contributed by atoms with van der Waals surface area (Å²) in [7, 11) is 0. The number of nitrogens with zero attached hydrogens (tertiary/aromatic N) is 1. The Morgan fingerprint density at radius 1 is 1.18 bits per heavy atom. The van der Waals surface area contributed by atoms with Gasteiger partial charge in [-0.1, -0.05) is 49.1 Å². The Bertz CT molecular complexity index is 884. The maximum absolute atomic E-state index is 13.7. The number of hydrogen-bond acceptors (Lipinski definition) is 4. The van der Waals surface area contributed by atoms with Crippen molar-refractivity contribution in [3.63, 3.8) is 0 Å². The first-order chi connectivity index (χ1) is 15.9. The topological polar surface area (TPSA) is 87.7 Å². The fourth-order valence-corrected chi connectivity index (χ4v) is 4.29. The van der Waals surface area contributed by atoms with Crippen LogP contribution >= 0.6 is 0 Å². The standard InChI is InChI=1S/C27H41N3O4/c1-8-16-30(25(32)20(4)28-26(33)34-27(5,6)7)23(22-17-18(2)14-15-19(22)3)24(31)29-21-12-10-9-11-13-21/h8,14-15,17,20-21,23H,1,9-13,16H2,2-7H3,(H,28,33)(H,29,31). The molecule has 34 heavy (non-hydrogen) atoms. The van der Waals surface area contributed by atoms with Crippen LogP contribution in [-0.4, -0.2) is 47.0 Å². The third-order valence-electron chi connectivity index (χ3n) is 5.95. The van der Waals surface area contributed by atoms with Crippen molar-refractivity contribution in [2.45, 2.75) is 97.4 Å². The van der Waals surface area contributed by atoms with E-state index in [0.29, 0.717) is 0 Å². The fraction of sp³-hybridized carbons (Fsp3) is 0.593. The van der Waals surface area contributed by atoms with Gasteiger partial charge in [0.1, 0.15) is 17.7 Å². The van der Waals surface area contributed by atoms with E-state index in [-0.39, 0.29) is 24.4 Å². The van der Waals surface area contributed by atoms with Gasteiger partial charge in [0.05, 0.1) is 0 Å². The SMILES string of the molecule is C=CCN(C(=O)C(C)NC(=O)OC(C)(C)C)C(C(=O)NC1CCCCC1)c1cc(C)ccc1C. The third-order valence-corrected chi connectivity index (χ3v) is 5.95. The highest BCUT2D eigenvalue weighted by atomic mass is 16.6. The summed E-state index contributed by atoms with van der Waals surface area (Å²) in [6, 6.07) is 4.29. The minimum absolute atomic E-state index is 0.104. The molecule has 0 aliphatic heterocycles. The second kappa shape index (κ2) is 12.0. The van der Waals surface area contributed by atoms with Crippen molar-refractivity contribution >= 4 is 17.9 Å². The number of ether oxygens (including phenoxy) is 1. The molecule has 0 saturated heterocycles. The molecule has 1 aromatic carbocycles. The first-order valence-corrected chi connectivity index (χ1v) is 12.2. The summed E-state index contributed by atoms with van der Waals surface area (Å²) in [6.07, 6.45) is 6.17. The van der Waals surface area contributed by atoms with Crippen LogP contribution in [0.2, 0.25) is 0 Å². The van der Waals surface area contributed by atoms with E-state index in [9.17, 15) is 14.4 Å². The summed E-state index contributed by atoms with van der Waals surface area (Å²) in [4.78, 5) is 41.0. The molecule has 0 bridgehead atoms. The lowest BCUT2D eigenvalue weighted by Crippen LogP contribution is -2.53. The van der Waals surface area contributed by atoms with Crippen LogP contribution in [0.5, 0.6) is 0 Å². The molecule has 1 aromatic rings. The van der Waals surface area contributed by atoms with Crippen molar-refractivity contribution in [3.8, 4) is 0 Å². The van der Waals surface area contributed by atoms with Crippen LogP contribution in [0.1, 0.15) is 82.5 Å². The van der Waals surface area contributed by atoms with E-state index in [4.69, 9.17) is 4.74 Å². The van der Waals surface area contributed by atoms with Gasteiger partial charge < -0.3 is 20.3 Å². The van der Waals surface area contributed by atoms with Gasteiger partial charge in [-0.05, 0) is 65.5 Å². The van der Waals surface area contributed by atoms with E-state index < -0.39 is 23.8 Å². The molecule has 0 aromatic heterocycles. The third kappa shape index (κ3) is 7.89. The average Bonchev–Trinajstić information content (AvgIpc) is 2.74. The van der Waals surface area contributed by atoms with E-state index in [2.05, 4.69) is 17.2 Å². The second-order valence-electron chi connectivity index (χ2n) is 10.3. The lowest BCUT2D eigenvalue weighted by molar-refractivity contribution is -0.141. The smallest absolute Gasteiger partial charge is 0.408 e. The quantitative estimate of drug-likeness (QED) is 0.537. The maximum Gasteiger partial charge on any atom is 0.408 e. The van der Waals surface area contributed by atoms with E-state index in [1.165, 1.54) is 11.3 Å². The van der Waals surface area contributed by atoms with Crippen molar-refractivity contribution < 1.29 is 19.1 Å². The molecule has 2 atom stereocenters. The maximum atomic E-state index is 13.7. The molecule has 2 rings (SSSR count). The number of carbonyl (C=O) groups excluding carboxylic acids is 3. The summed E-state index contributed by atoms with van der Waals surface area (Å²) in [5.74, 6) is -0.587. The Morgan fingerprint density at radius 2 is 1.82 bits per heavy atom. The van der Waals surface area contributed by atoms with Crippen molar-refractivity contribution in [1.29, 1.82) is 0 Å². The summed E-state index contributed by atoms with van der Waals surface area (Å²) in [5.41, 5.74) is 2.01. The fourth-order valence-electron chi connectivity index (χ4n) is 4.29. The minimum Gasteiger partial charge on any atom is -0.444 e. The monoisotopic (exact) mass is 471 g/mol. The zero-order valence-corrected chi connectivity index (χ0v) is 21.6. The largest absolute Gasteiger partial charge is 0.444 e. The van der Waals surface area contributed by atoms with Crippen molar-refractivity contribution in [3.05, 3.63) is 47.5 Å². The van der Waals surface area contributed by atoms with Crippen LogP contribution in [0, 0.1) is 13.8 Å². The molecule has 1 saturated carbocycles. The molecule has 1 aliphatic rings. The Hall–Kier alpha value is -2.83. The van der Waals surface area contributed by atoms with Crippen molar-refractivity contribution in [1.82, 2.24) is 15.5 Å². The number of nitrogens with one attached hydrogen (secondary N) is 2. The first kappa shape index (κ1) is 27.4. The van der Waals surface area contributed by atoms with Gasteiger partial charge in [-0.2, -0.15) is 0 Å². The van der Waals surface area contributed by atoms with Crippen LogP contribution in [-0.2, 0) is 14.3 Å². The van der Waals surface area contributed by atoms with Crippen LogP contribution < -0.4 is 10.6 Å². The molecule has 2 N–H and O–H groups in total. The van der Waals surface area contributed by atoms with Gasteiger partial charge in [-0.25, -0.2) is 4.79 Å². The Kier molecular flexibility index (Phi) is 9.71. The Balaban J connectivity index is 2.37. The molecular weight excluding hydrogens is 430 g/mol. The number of hydrogen-bond donors (Lipinski definition) is 2. The molecule has 1 fully saturated rings. The molecule has 7 nitrogen and oxygen atoms in total. The van der Waals surface area contributed by atoms with E-state index in [1.54, 1.807) is 33.8 Å². The number of carbonyl (C=O) groups is 3. The van der Waals surface area contributed by atoms with Gasteiger partial charge in [0, 0.05) is 12.6 Å². The van der Waals surface area contributed by atoms with E-state index in [1.807, 2.05) is 32.0 Å². The number of rotatable bonds is 8. The van der Waals surface area contributed by atoms with Gasteiger partial charge in [-0.15, -0.1) is 6.58 Å². The predicted molar refractivity (Wildman–Crippen MR) is 134 cm³/mol. The van der Waals surface area contributed by atoms with E-state index >= 15 is 0 Å². The first-order valence-electron chi connectivity index (χ1n) is 12.2. The van der Waals surface area contributed by atoms with Gasteiger partial charge in [0.2, 0.25) is 11.8 Å². The summed E-state index contributed by atoms with van der Waals surface area (Å²) in [6.45, 7) is 14.7. The Morgan fingerprint density at radius 3 is 2.41 bits per heavy atom. The number of aryl methyl sites for hydroxylation is 2. The number of alkyl carbamates (subject to hydrolysis) is 1. The lowest BCUT2D eigenvalue weighted by Gasteiger charge is -2.35. The zero-order valence-electron chi connectivity index (χ0n) is 21.6. The predicted octanol–water partition coefficient (Wildman–Crippen LogP) is 4.72. The summed E-state index contributed by atoms with van der Waals surface area (Å²) in [5, 5.41) is 5.80. The molecule has 0 radical (unpaired) electrons.